The van der Waals surface area contributed by atoms with Crippen LogP contribution in [-0.2, 0) is 4.74 Å². The SMILES string of the molecule is CC(C)OCC(O)CN1CC2CCCC(N)C2C1. The monoisotopic (exact) mass is 256 g/mol. The lowest BCUT2D eigenvalue weighted by atomic mass is 9.78. The maximum Gasteiger partial charge on any atom is 0.0900 e. The third kappa shape index (κ3) is 3.67. The van der Waals surface area contributed by atoms with E-state index in [9.17, 15) is 5.11 Å². The second kappa shape index (κ2) is 6.33. The van der Waals surface area contributed by atoms with Gasteiger partial charge in [-0.3, -0.25) is 0 Å². The van der Waals surface area contributed by atoms with E-state index >= 15 is 0 Å². The summed E-state index contributed by atoms with van der Waals surface area (Å²) in [4.78, 5) is 2.37. The molecule has 0 radical (unpaired) electrons. The molecule has 1 saturated carbocycles. The van der Waals surface area contributed by atoms with Gasteiger partial charge in [0.2, 0.25) is 0 Å². The quantitative estimate of drug-likeness (QED) is 0.765. The number of ether oxygens (including phenoxy) is 1. The average molecular weight is 256 g/mol. The molecule has 1 aliphatic heterocycles. The summed E-state index contributed by atoms with van der Waals surface area (Å²) in [5.41, 5.74) is 6.20. The number of likely N-dealkylation sites (tertiary alicyclic amines) is 1. The third-order valence-electron chi connectivity index (χ3n) is 4.32. The van der Waals surface area contributed by atoms with E-state index in [0.29, 0.717) is 18.6 Å². The van der Waals surface area contributed by atoms with E-state index in [-0.39, 0.29) is 12.2 Å². The number of fused-ring (bicyclic) bond motifs is 1. The van der Waals surface area contributed by atoms with E-state index in [0.717, 1.165) is 25.6 Å². The zero-order chi connectivity index (χ0) is 13.1. The van der Waals surface area contributed by atoms with Crippen LogP contribution in [0, 0.1) is 11.8 Å². The first kappa shape index (κ1) is 14.3. The predicted molar refractivity (Wildman–Crippen MR) is 72.3 cm³/mol. The van der Waals surface area contributed by atoms with Crippen LogP contribution in [0.25, 0.3) is 0 Å². The number of nitrogens with two attached hydrogens (primary N) is 1. The number of nitrogens with zero attached hydrogens (tertiary/aromatic N) is 1. The van der Waals surface area contributed by atoms with E-state index in [1.54, 1.807) is 0 Å². The highest BCUT2D eigenvalue weighted by Gasteiger charge is 2.38. The van der Waals surface area contributed by atoms with Crippen molar-refractivity contribution in [2.45, 2.75) is 51.4 Å². The number of hydrogen-bond acceptors (Lipinski definition) is 4. The Balaban J connectivity index is 1.74. The Bertz CT molecular complexity index is 260. The zero-order valence-electron chi connectivity index (χ0n) is 11.7. The van der Waals surface area contributed by atoms with Crippen LogP contribution in [0.4, 0.5) is 0 Å². The van der Waals surface area contributed by atoms with Gasteiger partial charge in [0.25, 0.3) is 0 Å². The van der Waals surface area contributed by atoms with Crippen LogP contribution in [0.5, 0.6) is 0 Å². The van der Waals surface area contributed by atoms with E-state index in [2.05, 4.69) is 4.90 Å². The van der Waals surface area contributed by atoms with Crippen molar-refractivity contribution in [3.63, 3.8) is 0 Å². The second-order valence-electron chi connectivity index (χ2n) is 6.27. The van der Waals surface area contributed by atoms with Crippen LogP contribution in [0.1, 0.15) is 33.1 Å². The molecule has 1 saturated heterocycles. The molecule has 0 bridgehead atoms. The maximum absolute atomic E-state index is 9.96. The maximum atomic E-state index is 9.96. The van der Waals surface area contributed by atoms with Gasteiger partial charge >= 0.3 is 0 Å². The lowest BCUT2D eigenvalue weighted by Crippen LogP contribution is -2.39. The minimum absolute atomic E-state index is 0.189. The Morgan fingerprint density at radius 1 is 1.33 bits per heavy atom. The van der Waals surface area contributed by atoms with Gasteiger partial charge in [-0.05, 0) is 38.5 Å². The van der Waals surface area contributed by atoms with Gasteiger partial charge in [-0.1, -0.05) is 6.42 Å². The lowest BCUT2D eigenvalue weighted by molar-refractivity contribution is -0.00644. The van der Waals surface area contributed by atoms with Gasteiger partial charge in [0.15, 0.2) is 0 Å². The second-order valence-corrected chi connectivity index (χ2v) is 6.27. The number of aliphatic hydroxyl groups excluding tert-OH is 1. The smallest absolute Gasteiger partial charge is 0.0900 e. The molecule has 4 unspecified atom stereocenters. The van der Waals surface area contributed by atoms with Gasteiger partial charge in [-0.15, -0.1) is 0 Å². The van der Waals surface area contributed by atoms with Gasteiger partial charge in [0.1, 0.15) is 0 Å². The summed E-state index contributed by atoms with van der Waals surface area (Å²) < 4.78 is 5.45. The van der Waals surface area contributed by atoms with Crippen molar-refractivity contribution in [2.75, 3.05) is 26.2 Å². The fourth-order valence-electron chi connectivity index (χ4n) is 3.41. The van der Waals surface area contributed by atoms with Crippen LogP contribution in [0.3, 0.4) is 0 Å². The predicted octanol–water partition coefficient (Wildman–Crippen LogP) is 0.832. The van der Waals surface area contributed by atoms with Crippen molar-refractivity contribution < 1.29 is 9.84 Å². The molecule has 0 amide bonds. The molecule has 0 spiro atoms. The Kier molecular flexibility index (Phi) is 5.01. The Morgan fingerprint density at radius 3 is 2.78 bits per heavy atom. The first-order valence-corrected chi connectivity index (χ1v) is 7.34. The largest absolute Gasteiger partial charge is 0.389 e. The molecular weight excluding hydrogens is 228 g/mol. The minimum Gasteiger partial charge on any atom is -0.389 e. The standard InChI is InChI=1S/C14H28N2O2/c1-10(2)18-9-12(17)7-16-6-11-4-3-5-14(15)13(11)8-16/h10-14,17H,3-9,15H2,1-2H3. The molecule has 4 heteroatoms. The summed E-state index contributed by atoms with van der Waals surface area (Å²) in [6.45, 7) is 7.33. The van der Waals surface area contributed by atoms with Gasteiger partial charge in [0, 0.05) is 25.7 Å². The minimum atomic E-state index is -0.372. The van der Waals surface area contributed by atoms with Crippen molar-refractivity contribution in [3.8, 4) is 0 Å². The molecule has 3 N–H and O–H groups in total. The number of hydrogen-bond donors (Lipinski definition) is 2. The molecule has 18 heavy (non-hydrogen) atoms. The molecule has 2 rings (SSSR count). The Morgan fingerprint density at radius 2 is 2.11 bits per heavy atom. The van der Waals surface area contributed by atoms with Gasteiger partial charge < -0.3 is 20.5 Å². The topological polar surface area (TPSA) is 58.7 Å². The normalized spacial score (nSPS) is 34.8. The van der Waals surface area contributed by atoms with E-state index in [1.165, 1.54) is 19.3 Å². The molecule has 4 nitrogen and oxygen atoms in total. The summed E-state index contributed by atoms with van der Waals surface area (Å²) in [6.07, 6.45) is 3.58. The summed E-state index contributed by atoms with van der Waals surface area (Å²) >= 11 is 0. The highest BCUT2D eigenvalue weighted by atomic mass is 16.5. The van der Waals surface area contributed by atoms with Crippen molar-refractivity contribution in [1.29, 1.82) is 0 Å². The molecule has 1 aliphatic carbocycles. The van der Waals surface area contributed by atoms with Crippen molar-refractivity contribution in [1.82, 2.24) is 4.90 Å². The van der Waals surface area contributed by atoms with E-state index < -0.39 is 0 Å². The van der Waals surface area contributed by atoms with Gasteiger partial charge in [-0.25, -0.2) is 0 Å². The highest BCUT2D eigenvalue weighted by Crippen LogP contribution is 2.35. The van der Waals surface area contributed by atoms with Crippen LogP contribution in [0.2, 0.25) is 0 Å². The summed E-state index contributed by atoms with van der Waals surface area (Å²) in [5.74, 6) is 1.41. The molecule has 0 aromatic carbocycles. The van der Waals surface area contributed by atoms with Gasteiger partial charge in [-0.2, -0.15) is 0 Å². The number of rotatable bonds is 5. The average Bonchev–Trinajstić information content (AvgIpc) is 2.70. The molecule has 2 aliphatic rings. The molecular formula is C14H28N2O2. The molecule has 4 atom stereocenters. The first-order valence-electron chi connectivity index (χ1n) is 7.34. The Labute approximate surface area is 110 Å². The summed E-state index contributed by atoms with van der Waals surface area (Å²) in [5, 5.41) is 9.96. The van der Waals surface area contributed by atoms with Crippen LogP contribution in [-0.4, -0.2) is 54.5 Å². The molecule has 106 valence electrons. The molecule has 1 heterocycles. The van der Waals surface area contributed by atoms with Crippen LogP contribution >= 0.6 is 0 Å². The summed E-state index contributed by atoms with van der Waals surface area (Å²) in [7, 11) is 0. The molecule has 2 fully saturated rings. The number of β-amino-alcohol motifs (C(OH)–C–C–N with tert-alkyl or cyclic N) is 1. The zero-order valence-corrected chi connectivity index (χ0v) is 11.7. The van der Waals surface area contributed by atoms with Crippen molar-refractivity contribution in [2.24, 2.45) is 17.6 Å². The van der Waals surface area contributed by atoms with Crippen LogP contribution in [0.15, 0.2) is 0 Å². The third-order valence-corrected chi connectivity index (χ3v) is 4.32. The van der Waals surface area contributed by atoms with Gasteiger partial charge in [0.05, 0.1) is 18.8 Å². The first-order chi connectivity index (χ1) is 8.56. The van der Waals surface area contributed by atoms with Crippen molar-refractivity contribution in [3.05, 3.63) is 0 Å². The Hall–Kier alpha value is -0.160. The van der Waals surface area contributed by atoms with E-state index in [1.807, 2.05) is 13.8 Å². The van der Waals surface area contributed by atoms with Crippen LogP contribution < -0.4 is 5.73 Å². The van der Waals surface area contributed by atoms with E-state index in [4.69, 9.17) is 10.5 Å². The lowest BCUT2D eigenvalue weighted by Gasteiger charge is -2.29. The molecule has 0 aromatic heterocycles. The number of aliphatic hydroxyl groups is 1. The van der Waals surface area contributed by atoms with Crippen molar-refractivity contribution >= 4 is 0 Å². The molecule has 0 aromatic rings. The fraction of sp³-hybridized carbons (Fsp3) is 1.00. The summed E-state index contributed by atoms with van der Waals surface area (Å²) in [6, 6.07) is 0.373. The highest BCUT2D eigenvalue weighted by molar-refractivity contribution is 4.93. The fourth-order valence-corrected chi connectivity index (χ4v) is 3.41.